The van der Waals surface area contributed by atoms with Crippen molar-refractivity contribution >= 4 is 39.2 Å². The van der Waals surface area contributed by atoms with Crippen LogP contribution in [0, 0.1) is 0 Å². The quantitative estimate of drug-likeness (QED) is 0.590. The lowest BCUT2D eigenvalue weighted by Gasteiger charge is -2.11. The molecule has 9 heteroatoms. The lowest BCUT2D eigenvalue weighted by atomic mass is 10.3. The minimum Gasteiger partial charge on any atom is -0.337 e. The fourth-order valence-corrected chi connectivity index (χ4v) is 4.78. The molecule has 0 unspecified atom stereocenters. The predicted molar refractivity (Wildman–Crippen MR) is 89.0 cm³/mol. The predicted octanol–water partition coefficient (Wildman–Crippen LogP) is 1.45. The summed E-state index contributed by atoms with van der Waals surface area (Å²) in [7, 11) is -2.97. The first-order chi connectivity index (χ1) is 10.4. The van der Waals surface area contributed by atoms with Crippen molar-refractivity contribution in [2.75, 3.05) is 23.8 Å². The molecule has 1 aromatic heterocycles. The van der Waals surface area contributed by atoms with Crippen LogP contribution in [-0.4, -0.2) is 49.3 Å². The Labute approximate surface area is 139 Å². The van der Waals surface area contributed by atoms with E-state index < -0.39 is 9.84 Å². The third-order valence-corrected chi connectivity index (χ3v) is 6.16. The molecule has 1 fully saturated rings. The number of carbonyl (C=O) groups excluding carboxylic acids is 1. The third kappa shape index (κ3) is 6.02. The zero-order valence-corrected chi connectivity index (χ0v) is 14.3. The maximum absolute atomic E-state index is 11.6. The number of nitrogens with one attached hydrogen (secondary N) is 2. The van der Waals surface area contributed by atoms with Gasteiger partial charge in [-0.2, -0.15) is 11.8 Å². The molecule has 2 heterocycles. The number of sulfone groups is 1. The van der Waals surface area contributed by atoms with E-state index in [4.69, 9.17) is 11.6 Å². The van der Waals surface area contributed by atoms with Gasteiger partial charge in [0, 0.05) is 30.3 Å². The topological polar surface area (TPSA) is 88.2 Å². The molecule has 0 spiro atoms. The van der Waals surface area contributed by atoms with Gasteiger partial charge in [-0.05, 0) is 24.1 Å². The Bertz CT molecular complexity index is 625. The summed E-state index contributed by atoms with van der Waals surface area (Å²) in [6, 6.07) is 3.14. The van der Waals surface area contributed by atoms with Crippen molar-refractivity contribution in [3.63, 3.8) is 0 Å². The van der Waals surface area contributed by atoms with Gasteiger partial charge in [0.2, 0.25) is 0 Å². The molecule has 2 amide bonds. The van der Waals surface area contributed by atoms with Crippen molar-refractivity contribution < 1.29 is 13.2 Å². The summed E-state index contributed by atoms with van der Waals surface area (Å²) in [4.78, 5) is 15.6. The summed E-state index contributed by atoms with van der Waals surface area (Å²) in [6.45, 7) is 0.523. The SMILES string of the molecule is O=C(NCCSCc1ccnc(Cl)c1)N[C@@H]1CCS(=O)(=O)C1. The number of hydrogen-bond donors (Lipinski definition) is 2. The second kappa shape index (κ2) is 8.03. The number of thioether (sulfide) groups is 1. The van der Waals surface area contributed by atoms with Gasteiger partial charge in [-0.25, -0.2) is 18.2 Å². The molecule has 6 nitrogen and oxygen atoms in total. The monoisotopic (exact) mass is 363 g/mol. The molecule has 1 saturated heterocycles. The van der Waals surface area contributed by atoms with Crippen molar-refractivity contribution in [2.45, 2.75) is 18.2 Å². The van der Waals surface area contributed by atoms with Crippen LogP contribution in [-0.2, 0) is 15.6 Å². The molecule has 1 aliphatic rings. The Kier molecular flexibility index (Phi) is 6.34. The van der Waals surface area contributed by atoms with Gasteiger partial charge in [-0.15, -0.1) is 0 Å². The van der Waals surface area contributed by atoms with Crippen molar-refractivity contribution in [1.29, 1.82) is 0 Å². The number of urea groups is 1. The van der Waals surface area contributed by atoms with Crippen LogP contribution in [0.5, 0.6) is 0 Å². The summed E-state index contributed by atoms with van der Waals surface area (Å²) in [5, 5.41) is 5.89. The van der Waals surface area contributed by atoms with Gasteiger partial charge in [-0.3, -0.25) is 0 Å². The molecule has 0 aromatic carbocycles. The number of pyridine rings is 1. The molecule has 0 bridgehead atoms. The fraction of sp³-hybridized carbons (Fsp3) is 0.538. The van der Waals surface area contributed by atoms with Crippen LogP contribution in [0.25, 0.3) is 0 Å². The molecular formula is C13H18ClN3O3S2. The van der Waals surface area contributed by atoms with Gasteiger partial charge < -0.3 is 10.6 Å². The Morgan fingerprint density at radius 2 is 2.32 bits per heavy atom. The number of carbonyl (C=O) groups is 1. The van der Waals surface area contributed by atoms with E-state index in [2.05, 4.69) is 15.6 Å². The summed E-state index contributed by atoms with van der Waals surface area (Å²) in [5.74, 6) is 1.75. The standard InChI is InChI=1S/C13H18ClN3O3S2/c14-12-7-10(1-3-15-12)8-21-5-4-16-13(18)17-11-2-6-22(19,20)9-11/h1,3,7,11H,2,4-6,8-9H2,(H2,16,17,18)/t11-/m1/s1. The van der Waals surface area contributed by atoms with Crippen LogP contribution in [0.2, 0.25) is 5.15 Å². The van der Waals surface area contributed by atoms with E-state index in [0.29, 0.717) is 18.1 Å². The maximum Gasteiger partial charge on any atom is 0.315 e. The molecule has 2 rings (SSSR count). The Morgan fingerprint density at radius 1 is 1.50 bits per heavy atom. The minimum atomic E-state index is -2.97. The van der Waals surface area contributed by atoms with Crippen molar-refractivity contribution in [3.8, 4) is 0 Å². The highest BCUT2D eigenvalue weighted by molar-refractivity contribution is 7.98. The van der Waals surface area contributed by atoms with E-state index >= 15 is 0 Å². The fourth-order valence-electron chi connectivity index (χ4n) is 2.10. The van der Waals surface area contributed by atoms with Crippen molar-refractivity contribution in [3.05, 3.63) is 29.0 Å². The van der Waals surface area contributed by atoms with E-state index in [1.54, 1.807) is 18.0 Å². The molecule has 122 valence electrons. The van der Waals surface area contributed by atoms with Crippen LogP contribution < -0.4 is 10.6 Å². The molecule has 22 heavy (non-hydrogen) atoms. The van der Waals surface area contributed by atoms with E-state index in [0.717, 1.165) is 17.1 Å². The molecule has 0 radical (unpaired) electrons. The molecule has 1 aromatic rings. The zero-order valence-electron chi connectivity index (χ0n) is 11.9. The zero-order chi connectivity index (χ0) is 16.0. The smallest absolute Gasteiger partial charge is 0.315 e. The third-order valence-electron chi connectivity index (χ3n) is 3.16. The van der Waals surface area contributed by atoms with Gasteiger partial charge in [0.05, 0.1) is 11.5 Å². The normalized spacial score (nSPS) is 19.8. The van der Waals surface area contributed by atoms with Crippen molar-refractivity contribution in [2.24, 2.45) is 0 Å². The lowest BCUT2D eigenvalue weighted by molar-refractivity contribution is 0.238. The summed E-state index contributed by atoms with van der Waals surface area (Å²) in [6.07, 6.45) is 2.16. The molecule has 0 aliphatic carbocycles. The van der Waals surface area contributed by atoms with E-state index in [1.807, 2.05) is 12.1 Å². The Morgan fingerprint density at radius 3 is 3.00 bits per heavy atom. The molecule has 1 aliphatic heterocycles. The first kappa shape index (κ1) is 17.4. The maximum atomic E-state index is 11.6. The van der Waals surface area contributed by atoms with Gasteiger partial charge in [0.25, 0.3) is 0 Å². The molecule has 0 saturated carbocycles. The minimum absolute atomic E-state index is 0.0397. The molecule has 2 N–H and O–H groups in total. The summed E-state index contributed by atoms with van der Waals surface area (Å²) < 4.78 is 22.6. The number of aromatic nitrogens is 1. The highest BCUT2D eigenvalue weighted by Crippen LogP contribution is 2.14. The van der Waals surface area contributed by atoms with Crippen LogP contribution >= 0.6 is 23.4 Å². The second-order valence-electron chi connectivity index (χ2n) is 5.04. The van der Waals surface area contributed by atoms with Crippen molar-refractivity contribution in [1.82, 2.24) is 15.6 Å². The van der Waals surface area contributed by atoms with Crippen LogP contribution in [0.3, 0.4) is 0 Å². The van der Waals surface area contributed by atoms with Crippen LogP contribution in [0.4, 0.5) is 4.79 Å². The number of amides is 2. The number of halogens is 1. The molecular weight excluding hydrogens is 346 g/mol. The Hall–Kier alpha value is -0.990. The van der Waals surface area contributed by atoms with Gasteiger partial charge in [-0.1, -0.05) is 11.6 Å². The second-order valence-corrected chi connectivity index (χ2v) is 8.76. The first-order valence-corrected chi connectivity index (χ1v) is 10.2. The highest BCUT2D eigenvalue weighted by atomic mass is 35.5. The molecule has 1 atom stereocenters. The van der Waals surface area contributed by atoms with E-state index in [1.165, 1.54) is 0 Å². The van der Waals surface area contributed by atoms with E-state index in [9.17, 15) is 13.2 Å². The van der Waals surface area contributed by atoms with Gasteiger partial charge in [0.1, 0.15) is 5.15 Å². The van der Waals surface area contributed by atoms with Gasteiger partial charge in [0.15, 0.2) is 9.84 Å². The summed E-state index contributed by atoms with van der Waals surface area (Å²) in [5.41, 5.74) is 1.09. The number of hydrogen-bond acceptors (Lipinski definition) is 5. The van der Waals surface area contributed by atoms with Gasteiger partial charge >= 0.3 is 6.03 Å². The first-order valence-electron chi connectivity index (χ1n) is 6.87. The number of rotatable bonds is 6. The van der Waals surface area contributed by atoms with Crippen LogP contribution in [0.1, 0.15) is 12.0 Å². The van der Waals surface area contributed by atoms with E-state index in [-0.39, 0.29) is 23.6 Å². The lowest BCUT2D eigenvalue weighted by Crippen LogP contribution is -2.43. The largest absolute Gasteiger partial charge is 0.337 e. The number of nitrogens with zero attached hydrogens (tertiary/aromatic N) is 1. The average Bonchev–Trinajstić information content (AvgIpc) is 2.77. The highest BCUT2D eigenvalue weighted by Gasteiger charge is 2.28. The van der Waals surface area contributed by atoms with Crippen LogP contribution in [0.15, 0.2) is 18.3 Å². The summed E-state index contributed by atoms with van der Waals surface area (Å²) >= 11 is 7.47. The Balaban J connectivity index is 1.58. The average molecular weight is 364 g/mol.